The van der Waals surface area contributed by atoms with Crippen LogP contribution in [0.2, 0.25) is 0 Å². The maximum atomic E-state index is 11.1. The van der Waals surface area contributed by atoms with Gasteiger partial charge in [-0.15, -0.1) is 0 Å². The summed E-state index contributed by atoms with van der Waals surface area (Å²) < 4.78 is 0. The van der Waals surface area contributed by atoms with E-state index in [1.165, 1.54) is 12.8 Å². The predicted octanol–water partition coefficient (Wildman–Crippen LogP) is 2.52. The molecule has 0 heterocycles. The Balaban J connectivity index is 3.64. The molecular formula is C10H19NOS. The van der Waals surface area contributed by atoms with Gasteiger partial charge in [-0.3, -0.25) is 4.79 Å². The first-order valence-electron chi connectivity index (χ1n) is 4.78. The van der Waals surface area contributed by atoms with Crippen LogP contribution in [0.5, 0.6) is 0 Å². The van der Waals surface area contributed by atoms with E-state index < -0.39 is 0 Å². The summed E-state index contributed by atoms with van der Waals surface area (Å²) in [6.07, 6.45) is 5.97. The Morgan fingerprint density at radius 1 is 1.54 bits per heavy atom. The van der Waals surface area contributed by atoms with Crippen LogP contribution < -0.4 is 5.32 Å². The van der Waals surface area contributed by atoms with Crippen LogP contribution in [-0.2, 0) is 4.79 Å². The van der Waals surface area contributed by atoms with Gasteiger partial charge in [0.15, 0.2) is 0 Å². The Morgan fingerprint density at radius 3 is 2.77 bits per heavy atom. The van der Waals surface area contributed by atoms with E-state index >= 15 is 0 Å². The molecule has 0 aromatic heterocycles. The minimum atomic E-state index is 0.0558. The number of hydrogen-bond acceptors (Lipinski definition) is 2. The lowest BCUT2D eigenvalue weighted by molar-refractivity contribution is -0.119. The van der Waals surface area contributed by atoms with Crippen molar-refractivity contribution in [1.82, 2.24) is 5.32 Å². The number of unbranched alkanes of at least 4 members (excludes halogenated alkanes) is 2. The van der Waals surface area contributed by atoms with Gasteiger partial charge in [-0.25, -0.2) is 0 Å². The molecule has 0 saturated heterocycles. The molecular weight excluding hydrogens is 182 g/mol. The second-order valence-corrected chi connectivity index (χ2v) is 3.50. The summed E-state index contributed by atoms with van der Waals surface area (Å²) in [6, 6.07) is 0. The highest BCUT2D eigenvalue weighted by Crippen LogP contribution is 1.98. The van der Waals surface area contributed by atoms with Gasteiger partial charge >= 0.3 is 0 Å². The van der Waals surface area contributed by atoms with Gasteiger partial charge in [0.25, 0.3) is 0 Å². The third kappa shape index (κ3) is 7.91. The van der Waals surface area contributed by atoms with Crippen molar-refractivity contribution in [3.63, 3.8) is 0 Å². The topological polar surface area (TPSA) is 29.1 Å². The quantitative estimate of drug-likeness (QED) is 0.502. The predicted molar refractivity (Wildman–Crippen MR) is 59.9 cm³/mol. The molecule has 1 N–H and O–H groups in total. The number of hydrogen-bond donors (Lipinski definition) is 2. The zero-order chi connectivity index (χ0) is 10.1. The third-order valence-electron chi connectivity index (χ3n) is 1.68. The molecule has 0 aromatic carbocycles. The fourth-order valence-electron chi connectivity index (χ4n) is 0.958. The summed E-state index contributed by atoms with van der Waals surface area (Å²) in [5.74, 6) is 0.661. The van der Waals surface area contributed by atoms with E-state index in [4.69, 9.17) is 0 Å². The Bertz CT molecular complexity index is 178. The molecule has 0 saturated carbocycles. The van der Waals surface area contributed by atoms with Crippen LogP contribution in [0.3, 0.4) is 0 Å². The first-order chi connectivity index (χ1) is 6.20. The Hall–Kier alpha value is -0.440. The Morgan fingerprint density at radius 2 is 2.23 bits per heavy atom. The minimum Gasteiger partial charge on any atom is -0.330 e. The van der Waals surface area contributed by atoms with Gasteiger partial charge in [0.2, 0.25) is 5.91 Å². The van der Waals surface area contributed by atoms with E-state index in [1.807, 2.05) is 6.92 Å². The second kappa shape index (κ2) is 8.17. The Labute approximate surface area is 86.2 Å². The first kappa shape index (κ1) is 12.6. The zero-order valence-electron chi connectivity index (χ0n) is 8.47. The molecule has 0 spiro atoms. The average molecular weight is 201 g/mol. The molecule has 0 fully saturated rings. The molecule has 0 rings (SSSR count). The number of allylic oxidation sites excluding steroid dienone is 2. The van der Waals surface area contributed by atoms with E-state index in [1.54, 1.807) is 0 Å². The van der Waals surface area contributed by atoms with Crippen molar-refractivity contribution in [3.8, 4) is 0 Å². The average Bonchev–Trinajstić information content (AvgIpc) is 2.05. The maximum Gasteiger partial charge on any atom is 0.224 e. The molecule has 0 bridgehead atoms. The molecule has 0 aliphatic carbocycles. The number of amides is 1. The van der Waals surface area contributed by atoms with Crippen LogP contribution >= 0.6 is 12.6 Å². The van der Waals surface area contributed by atoms with Crippen LogP contribution in [0, 0.1) is 0 Å². The summed E-state index contributed by atoms with van der Waals surface area (Å²) in [5, 5.41) is 2.81. The largest absolute Gasteiger partial charge is 0.330 e. The number of carbonyl (C=O) groups excluding carboxylic acids is 1. The van der Waals surface area contributed by atoms with Crippen molar-refractivity contribution >= 4 is 18.5 Å². The van der Waals surface area contributed by atoms with Crippen LogP contribution in [-0.4, -0.2) is 11.7 Å². The monoisotopic (exact) mass is 201 g/mol. The molecule has 0 atom stereocenters. The van der Waals surface area contributed by atoms with Crippen LogP contribution in [0.25, 0.3) is 0 Å². The summed E-state index contributed by atoms with van der Waals surface area (Å²) in [4.78, 5) is 11.1. The van der Waals surface area contributed by atoms with Crippen molar-refractivity contribution in [2.24, 2.45) is 0 Å². The SMILES string of the molecule is CCCC/C=C(\C)NC(=O)CCS. The molecule has 0 aliphatic rings. The third-order valence-corrected chi connectivity index (χ3v) is 1.91. The summed E-state index contributed by atoms with van der Waals surface area (Å²) in [5.41, 5.74) is 0.959. The standard InChI is InChI=1S/C10H19NOS/c1-3-4-5-6-9(2)11-10(12)7-8-13/h6,13H,3-5,7-8H2,1-2H3,(H,11,12)/b9-6+. The van der Waals surface area contributed by atoms with Crippen molar-refractivity contribution in [3.05, 3.63) is 11.8 Å². The molecule has 3 heteroatoms. The van der Waals surface area contributed by atoms with Crippen LogP contribution in [0.15, 0.2) is 11.8 Å². The van der Waals surface area contributed by atoms with E-state index in [0.29, 0.717) is 12.2 Å². The van der Waals surface area contributed by atoms with Crippen molar-refractivity contribution in [2.75, 3.05) is 5.75 Å². The van der Waals surface area contributed by atoms with E-state index in [2.05, 4.69) is 30.9 Å². The fraction of sp³-hybridized carbons (Fsp3) is 0.700. The van der Waals surface area contributed by atoms with E-state index in [-0.39, 0.29) is 5.91 Å². The molecule has 76 valence electrons. The number of rotatable bonds is 6. The van der Waals surface area contributed by atoms with Gasteiger partial charge in [0.1, 0.15) is 0 Å². The zero-order valence-corrected chi connectivity index (χ0v) is 9.36. The molecule has 1 amide bonds. The molecule has 0 aromatic rings. The highest BCUT2D eigenvalue weighted by Gasteiger charge is 1.98. The van der Waals surface area contributed by atoms with Gasteiger partial charge in [-0.2, -0.15) is 12.6 Å². The number of thiol groups is 1. The second-order valence-electron chi connectivity index (χ2n) is 3.05. The van der Waals surface area contributed by atoms with Gasteiger partial charge in [0, 0.05) is 12.1 Å². The maximum absolute atomic E-state index is 11.1. The lowest BCUT2D eigenvalue weighted by atomic mass is 10.2. The van der Waals surface area contributed by atoms with E-state index in [9.17, 15) is 4.79 Å². The van der Waals surface area contributed by atoms with Crippen molar-refractivity contribution < 1.29 is 4.79 Å². The van der Waals surface area contributed by atoms with Gasteiger partial charge in [-0.05, 0) is 19.1 Å². The van der Waals surface area contributed by atoms with E-state index in [0.717, 1.165) is 12.1 Å². The lowest BCUT2D eigenvalue weighted by Gasteiger charge is -2.03. The molecule has 0 radical (unpaired) electrons. The molecule has 0 aliphatic heterocycles. The summed E-state index contributed by atoms with van der Waals surface area (Å²) in [6.45, 7) is 4.08. The highest BCUT2D eigenvalue weighted by molar-refractivity contribution is 7.80. The summed E-state index contributed by atoms with van der Waals surface area (Å²) >= 11 is 3.99. The molecule has 13 heavy (non-hydrogen) atoms. The normalized spacial score (nSPS) is 11.5. The summed E-state index contributed by atoms with van der Waals surface area (Å²) in [7, 11) is 0. The van der Waals surface area contributed by atoms with Crippen molar-refractivity contribution in [2.45, 2.75) is 39.5 Å². The Kier molecular flexibility index (Phi) is 7.90. The fourth-order valence-corrected chi connectivity index (χ4v) is 1.16. The smallest absolute Gasteiger partial charge is 0.224 e. The van der Waals surface area contributed by atoms with Crippen molar-refractivity contribution in [1.29, 1.82) is 0 Å². The molecule has 0 unspecified atom stereocenters. The van der Waals surface area contributed by atoms with Crippen LogP contribution in [0.4, 0.5) is 0 Å². The lowest BCUT2D eigenvalue weighted by Crippen LogP contribution is -2.21. The highest BCUT2D eigenvalue weighted by atomic mass is 32.1. The number of nitrogens with one attached hydrogen (secondary N) is 1. The van der Waals surface area contributed by atoms with Gasteiger partial charge in [0.05, 0.1) is 0 Å². The molecule has 2 nitrogen and oxygen atoms in total. The van der Waals surface area contributed by atoms with Crippen LogP contribution in [0.1, 0.15) is 39.5 Å². The van der Waals surface area contributed by atoms with Gasteiger partial charge < -0.3 is 5.32 Å². The number of carbonyl (C=O) groups is 1. The minimum absolute atomic E-state index is 0.0558. The van der Waals surface area contributed by atoms with Gasteiger partial charge in [-0.1, -0.05) is 25.8 Å². The first-order valence-corrected chi connectivity index (χ1v) is 5.41.